The van der Waals surface area contributed by atoms with Gasteiger partial charge in [-0.3, -0.25) is 0 Å². The smallest absolute Gasteiger partial charge is 0.109 e. The van der Waals surface area contributed by atoms with Crippen molar-refractivity contribution in [3.63, 3.8) is 0 Å². The Labute approximate surface area is 109 Å². The Bertz CT molecular complexity index is 301. The molecule has 98 valence electrons. The number of unbranched alkanes of at least 4 members (excludes halogenated alkanes) is 1. The van der Waals surface area contributed by atoms with Gasteiger partial charge in [0.05, 0.1) is 12.6 Å². The first-order valence-corrected chi connectivity index (χ1v) is 7.35. The summed E-state index contributed by atoms with van der Waals surface area (Å²) in [5, 5.41) is 4.61. The van der Waals surface area contributed by atoms with Gasteiger partial charge in [0.2, 0.25) is 0 Å². The van der Waals surface area contributed by atoms with Crippen LogP contribution in [0.1, 0.15) is 49.5 Å². The third kappa shape index (κ3) is 5.61. The molecule has 0 aliphatic carbocycles. The van der Waals surface area contributed by atoms with Gasteiger partial charge in [0.25, 0.3) is 0 Å². The van der Waals surface area contributed by atoms with Gasteiger partial charge in [0.1, 0.15) is 5.01 Å². The molecule has 0 aliphatic rings. The van der Waals surface area contributed by atoms with Crippen LogP contribution in [0.15, 0.2) is 6.20 Å². The highest BCUT2D eigenvalue weighted by Gasteiger charge is 2.08. The van der Waals surface area contributed by atoms with E-state index in [1.807, 2.05) is 6.20 Å². The lowest BCUT2D eigenvalue weighted by Crippen LogP contribution is -2.23. The number of aryl methyl sites for hydroxylation is 1. The van der Waals surface area contributed by atoms with Crippen LogP contribution >= 0.6 is 11.3 Å². The number of hydrogen-bond acceptors (Lipinski definition) is 4. The van der Waals surface area contributed by atoms with Crippen LogP contribution in [0.2, 0.25) is 0 Å². The number of ether oxygens (including phenoxy) is 1. The second-order valence-electron chi connectivity index (χ2n) is 4.16. The van der Waals surface area contributed by atoms with Crippen molar-refractivity contribution in [2.45, 2.75) is 46.1 Å². The first-order valence-electron chi connectivity index (χ1n) is 6.53. The maximum Gasteiger partial charge on any atom is 0.109 e. The van der Waals surface area contributed by atoms with Gasteiger partial charge in [0.15, 0.2) is 0 Å². The second kappa shape index (κ2) is 8.61. The van der Waals surface area contributed by atoms with E-state index in [1.165, 1.54) is 16.3 Å². The largest absolute Gasteiger partial charge is 0.380 e. The summed E-state index contributed by atoms with van der Waals surface area (Å²) < 4.78 is 5.51. The Hall–Kier alpha value is -0.450. The Morgan fingerprint density at radius 2 is 2.24 bits per heavy atom. The van der Waals surface area contributed by atoms with E-state index in [2.05, 4.69) is 31.1 Å². The molecule has 3 nitrogen and oxygen atoms in total. The minimum Gasteiger partial charge on any atom is -0.380 e. The molecule has 1 aromatic rings. The molecule has 0 saturated carbocycles. The fourth-order valence-corrected chi connectivity index (χ4v) is 2.35. The van der Waals surface area contributed by atoms with Crippen molar-refractivity contribution in [1.82, 2.24) is 10.3 Å². The highest BCUT2D eigenvalue weighted by atomic mass is 32.1. The zero-order valence-corrected chi connectivity index (χ0v) is 12.0. The molecule has 1 heterocycles. The van der Waals surface area contributed by atoms with Crippen molar-refractivity contribution >= 4 is 11.3 Å². The lowest BCUT2D eigenvalue weighted by molar-refractivity contribution is 0.131. The summed E-state index contributed by atoms with van der Waals surface area (Å²) >= 11 is 1.80. The molecule has 0 saturated heterocycles. The van der Waals surface area contributed by atoms with Crippen molar-refractivity contribution < 1.29 is 4.74 Å². The van der Waals surface area contributed by atoms with E-state index in [0.717, 1.165) is 32.6 Å². The van der Waals surface area contributed by atoms with Gasteiger partial charge in [-0.05, 0) is 19.8 Å². The lowest BCUT2D eigenvalue weighted by atomic mass is 10.3. The molecule has 0 radical (unpaired) electrons. The molecular weight excluding hydrogens is 232 g/mol. The van der Waals surface area contributed by atoms with Crippen LogP contribution in [0.3, 0.4) is 0 Å². The Morgan fingerprint density at radius 1 is 1.41 bits per heavy atom. The van der Waals surface area contributed by atoms with Crippen molar-refractivity contribution in [1.29, 1.82) is 0 Å². The molecule has 1 unspecified atom stereocenters. The van der Waals surface area contributed by atoms with Crippen LogP contribution in [0.25, 0.3) is 0 Å². The molecule has 1 N–H and O–H groups in total. The number of nitrogens with one attached hydrogen (secondary N) is 1. The van der Waals surface area contributed by atoms with E-state index >= 15 is 0 Å². The molecule has 17 heavy (non-hydrogen) atoms. The monoisotopic (exact) mass is 256 g/mol. The molecule has 0 spiro atoms. The number of thiazole rings is 1. The van der Waals surface area contributed by atoms with Gasteiger partial charge in [-0.2, -0.15) is 0 Å². The van der Waals surface area contributed by atoms with Crippen molar-refractivity contribution in [2.75, 3.05) is 19.8 Å². The fourth-order valence-electron chi connectivity index (χ4n) is 1.47. The third-order valence-corrected chi connectivity index (χ3v) is 3.95. The number of rotatable bonds is 9. The third-order valence-electron chi connectivity index (χ3n) is 2.63. The number of hydrogen-bond donors (Lipinski definition) is 1. The van der Waals surface area contributed by atoms with Gasteiger partial charge in [0, 0.05) is 24.2 Å². The van der Waals surface area contributed by atoms with E-state index in [9.17, 15) is 0 Å². The standard InChI is InChI=1S/C13H24N2OS/c1-4-6-8-16-9-7-14-11(3)13-15-10-12(5-2)17-13/h10-11,14H,4-9H2,1-3H3. The van der Waals surface area contributed by atoms with Crippen molar-refractivity contribution in [3.05, 3.63) is 16.1 Å². The summed E-state index contributed by atoms with van der Waals surface area (Å²) in [6, 6.07) is 0.329. The van der Waals surface area contributed by atoms with Crippen LogP contribution < -0.4 is 5.32 Å². The highest BCUT2D eigenvalue weighted by molar-refractivity contribution is 7.11. The molecule has 0 bridgehead atoms. The summed E-state index contributed by atoms with van der Waals surface area (Å²) in [4.78, 5) is 5.78. The summed E-state index contributed by atoms with van der Waals surface area (Å²) in [5.74, 6) is 0. The zero-order chi connectivity index (χ0) is 12.5. The molecule has 0 amide bonds. The van der Waals surface area contributed by atoms with Crippen LogP contribution in [0, 0.1) is 0 Å². The minimum atomic E-state index is 0.329. The number of aromatic nitrogens is 1. The summed E-state index contributed by atoms with van der Waals surface area (Å²) in [7, 11) is 0. The van der Waals surface area contributed by atoms with Crippen molar-refractivity contribution in [3.8, 4) is 0 Å². The molecule has 1 atom stereocenters. The predicted octanol–water partition coefficient (Wildman–Crippen LogP) is 3.17. The van der Waals surface area contributed by atoms with Crippen LogP contribution in [0.5, 0.6) is 0 Å². The Kier molecular flexibility index (Phi) is 7.40. The molecule has 0 aromatic carbocycles. The first kappa shape index (κ1) is 14.6. The Morgan fingerprint density at radius 3 is 2.88 bits per heavy atom. The average molecular weight is 256 g/mol. The predicted molar refractivity (Wildman–Crippen MR) is 73.6 cm³/mol. The SMILES string of the molecule is CCCCOCCNC(C)c1ncc(CC)s1. The minimum absolute atomic E-state index is 0.329. The second-order valence-corrected chi connectivity index (χ2v) is 5.31. The van der Waals surface area contributed by atoms with Gasteiger partial charge < -0.3 is 10.1 Å². The first-order chi connectivity index (χ1) is 8.27. The molecular formula is C13H24N2OS. The van der Waals surface area contributed by atoms with Crippen LogP contribution in [0.4, 0.5) is 0 Å². The van der Waals surface area contributed by atoms with Gasteiger partial charge >= 0.3 is 0 Å². The maximum absolute atomic E-state index is 5.51. The molecule has 1 rings (SSSR count). The molecule has 1 aromatic heterocycles. The summed E-state index contributed by atoms with van der Waals surface area (Å²) in [5.41, 5.74) is 0. The Balaban J connectivity index is 2.14. The number of nitrogens with zero attached hydrogens (tertiary/aromatic N) is 1. The van der Waals surface area contributed by atoms with Gasteiger partial charge in [-0.1, -0.05) is 20.3 Å². The van der Waals surface area contributed by atoms with E-state index in [1.54, 1.807) is 11.3 Å². The zero-order valence-electron chi connectivity index (χ0n) is 11.2. The van der Waals surface area contributed by atoms with Gasteiger partial charge in [-0.15, -0.1) is 11.3 Å². The van der Waals surface area contributed by atoms with E-state index in [-0.39, 0.29) is 0 Å². The molecule has 0 aliphatic heterocycles. The maximum atomic E-state index is 5.51. The fraction of sp³-hybridized carbons (Fsp3) is 0.769. The van der Waals surface area contributed by atoms with E-state index < -0.39 is 0 Å². The van der Waals surface area contributed by atoms with E-state index in [0.29, 0.717) is 6.04 Å². The average Bonchev–Trinajstić information content (AvgIpc) is 2.82. The molecule has 4 heteroatoms. The highest BCUT2D eigenvalue weighted by Crippen LogP contribution is 2.19. The summed E-state index contributed by atoms with van der Waals surface area (Å²) in [6.45, 7) is 9.06. The lowest BCUT2D eigenvalue weighted by Gasteiger charge is -2.11. The molecule has 0 fully saturated rings. The van der Waals surface area contributed by atoms with Gasteiger partial charge in [-0.25, -0.2) is 4.98 Å². The normalized spacial score (nSPS) is 12.9. The quantitative estimate of drug-likeness (QED) is 0.689. The van der Waals surface area contributed by atoms with E-state index in [4.69, 9.17) is 4.74 Å². The topological polar surface area (TPSA) is 34.1 Å². The summed E-state index contributed by atoms with van der Waals surface area (Å²) in [6.07, 6.45) is 5.41. The van der Waals surface area contributed by atoms with Crippen LogP contribution in [-0.2, 0) is 11.2 Å². The van der Waals surface area contributed by atoms with Crippen molar-refractivity contribution in [2.24, 2.45) is 0 Å². The van der Waals surface area contributed by atoms with Crippen LogP contribution in [-0.4, -0.2) is 24.7 Å².